The normalized spacial score (nSPS) is 19.5. The van der Waals surface area contributed by atoms with Gasteiger partial charge in [-0.25, -0.2) is 0 Å². The van der Waals surface area contributed by atoms with Crippen molar-refractivity contribution in [1.82, 2.24) is 0 Å². The quantitative estimate of drug-likeness (QED) is 0.533. The highest BCUT2D eigenvalue weighted by Crippen LogP contribution is 2.43. The first-order chi connectivity index (χ1) is 6.52. The minimum absolute atomic E-state index is 0.589. The summed E-state index contributed by atoms with van der Waals surface area (Å²) >= 11 is 0. The predicted molar refractivity (Wildman–Crippen MR) is 64.0 cm³/mol. The zero-order valence-corrected chi connectivity index (χ0v) is 11.8. The molecule has 0 aromatic heterocycles. The van der Waals surface area contributed by atoms with Crippen molar-refractivity contribution in [3.05, 3.63) is 0 Å². The highest BCUT2D eigenvalue weighted by atomic mass is 28.3. The molecular weight excluding hydrogens is 192 g/mol. The fourth-order valence-corrected chi connectivity index (χ4v) is 2.50. The summed E-state index contributed by atoms with van der Waals surface area (Å²) in [4.78, 5) is 0. The van der Waals surface area contributed by atoms with Gasteiger partial charge in [-0.2, -0.15) is 0 Å². The van der Waals surface area contributed by atoms with E-state index in [1.165, 1.54) is 12.8 Å². The average Bonchev–Trinajstić information content (AvgIpc) is 2.03. The molecule has 0 N–H and O–H groups in total. The van der Waals surface area contributed by atoms with Crippen LogP contribution in [0, 0.1) is 11.3 Å². The van der Waals surface area contributed by atoms with Gasteiger partial charge in [-0.15, -0.1) is 0 Å². The van der Waals surface area contributed by atoms with Crippen LogP contribution in [0.1, 0.15) is 47.5 Å². The molecule has 0 unspecified atom stereocenters. The first-order valence-electron chi connectivity index (χ1n) is 5.67. The van der Waals surface area contributed by atoms with Crippen LogP contribution in [0.25, 0.3) is 0 Å². The highest BCUT2D eigenvalue weighted by molar-refractivity contribution is 6.17. The average molecular weight is 218 g/mol. The van der Waals surface area contributed by atoms with Gasteiger partial charge in [-0.1, -0.05) is 20.8 Å². The number of hydrogen-bond donors (Lipinski definition) is 0. The Morgan fingerprint density at radius 1 is 1.14 bits per heavy atom. The molecule has 0 saturated heterocycles. The first-order valence-corrected chi connectivity index (χ1v) is 6.82. The fraction of sp³-hybridized carbons (Fsp3) is 1.00. The van der Waals surface area contributed by atoms with Crippen molar-refractivity contribution in [2.45, 2.75) is 47.5 Å². The minimum atomic E-state index is -0.589. The zero-order valence-electron chi connectivity index (χ0n) is 10.4. The monoisotopic (exact) mass is 218 g/mol. The Bertz CT molecular complexity index is 125. The number of hydrogen-bond acceptors (Lipinski definition) is 2. The molecule has 0 radical (unpaired) electrons. The highest BCUT2D eigenvalue weighted by Gasteiger charge is 2.32. The number of rotatable bonds is 4. The smallest absolute Gasteiger partial charge is 0.304 e. The molecule has 0 bridgehead atoms. The van der Waals surface area contributed by atoms with Crippen LogP contribution in [-0.2, 0) is 8.85 Å². The van der Waals surface area contributed by atoms with Crippen LogP contribution in [0.2, 0.25) is 0 Å². The van der Waals surface area contributed by atoms with Gasteiger partial charge in [0.2, 0.25) is 0 Å². The van der Waals surface area contributed by atoms with E-state index in [9.17, 15) is 0 Å². The van der Waals surface area contributed by atoms with Gasteiger partial charge in [0.1, 0.15) is 0 Å². The Kier molecular flexibility index (Phi) is 7.50. The third-order valence-electron chi connectivity index (χ3n) is 2.38. The van der Waals surface area contributed by atoms with Gasteiger partial charge in [0, 0.05) is 13.2 Å². The fourth-order valence-electron chi connectivity index (χ4n) is 2.05. The van der Waals surface area contributed by atoms with Gasteiger partial charge >= 0.3 is 10.0 Å². The Labute approximate surface area is 91.4 Å². The topological polar surface area (TPSA) is 18.5 Å². The van der Waals surface area contributed by atoms with E-state index < -0.39 is 10.0 Å². The van der Waals surface area contributed by atoms with Crippen LogP contribution >= 0.6 is 0 Å². The SMILES string of the molecule is CC1CC(C)(C)C1.CCO[SiH2]OCC. The van der Waals surface area contributed by atoms with E-state index in [4.69, 9.17) is 8.85 Å². The molecule has 14 heavy (non-hydrogen) atoms. The summed E-state index contributed by atoms with van der Waals surface area (Å²) < 4.78 is 9.98. The maximum atomic E-state index is 4.99. The summed E-state index contributed by atoms with van der Waals surface area (Å²) in [6, 6.07) is 0. The summed E-state index contributed by atoms with van der Waals surface area (Å²) in [5.41, 5.74) is 0.694. The van der Waals surface area contributed by atoms with Crippen molar-refractivity contribution < 1.29 is 8.85 Å². The van der Waals surface area contributed by atoms with Gasteiger partial charge < -0.3 is 8.85 Å². The summed E-state index contributed by atoms with van der Waals surface area (Å²) in [5, 5.41) is 0. The summed E-state index contributed by atoms with van der Waals surface area (Å²) in [6.07, 6.45) is 2.88. The summed E-state index contributed by atoms with van der Waals surface area (Å²) in [7, 11) is -0.589. The van der Waals surface area contributed by atoms with Crippen LogP contribution in [0.5, 0.6) is 0 Å². The minimum Gasteiger partial charge on any atom is -0.399 e. The molecule has 86 valence electrons. The zero-order chi connectivity index (χ0) is 11.0. The standard InChI is InChI=1S/C7H14.C4H12O2Si/c1-6-4-7(2,3)5-6;1-3-5-7-6-4-2/h6H,4-5H2,1-3H3;3-4,7H2,1-2H3. The molecule has 2 nitrogen and oxygen atoms in total. The van der Waals surface area contributed by atoms with Gasteiger partial charge in [0.15, 0.2) is 0 Å². The third-order valence-corrected chi connectivity index (χ3v) is 3.53. The van der Waals surface area contributed by atoms with E-state index in [0.717, 1.165) is 19.1 Å². The van der Waals surface area contributed by atoms with E-state index >= 15 is 0 Å². The second-order valence-electron chi connectivity index (χ2n) is 4.78. The summed E-state index contributed by atoms with van der Waals surface area (Å²) in [6.45, 7) is 12.6. The van der Waals surface area contributed by atoms with Crippen LogP contribution in [0.3, 0.4) is 0 Å². The molecule has 0 heterocycles. The molecule has 0 aliphatic heterocycles. The van der Waals surface area contributed by atoms with Gasteiger partial charge in [0.05, 0.1) is 0 Å². The van der Waals surface area contributed by atoms with Crippen molar-refractivity contribution in [3.63, 3.8) is 0 Å². The van der Waals surface area contributed by atoms with Crippen molar-refractivity contribution >= 4 is 10.0 Å². The molecule has 0 atom stereocenters. The van der Waals surface area contributed by atoms with Gasteiger partial charge in [-0.05, 0) is 38.0 Å². The molecule has 1 rings (SSSR count). The largest absolute Gasteiger partial charge is 0.399 e. The Morgan fingerprint density at radius 2 is 1.57 bits per heavy atom. The second-order valence-corrected chi connectivity index (χ2v) is 5.83. The predicted octanol–water partition coefficient (Wildman–Crippen LogP) is 2.50. The molecule has 1 aliphatic carbocycles. The Balaban J connectivity index is 0.000000241. The van der Waals surface area contributed by atoms with Gasteiger partial charge in [0.25, 0.3) is 0 Å². The molecule has 0 spiro atoms. The van der Waals surface area contributed by atoms with Crippen molar-refractivity contribution in [2.24, 2.45) is 11.3 Å². The van der Waals surface area contributed by atoms with Crippen molar-refractivity contribution in [2.75, 3.05) is 13.2 Å². The maximum absolute atomic E-state index is 4.99. The molecule has 0 amide bonds. The second kappa shape index (κ2) is 7.43. The van der Waals surface area contributed by atoms with Crippen LogP contribution < -0.4 is 0 Å². The van der Waals surface area contributed by atoms with E-state index in [-0.39, 0.29) is 0 Å². The van der Waals surface area contributed by atoms with Crippen molar-refractivity contribution in [1.29, 1.82) is 0 Å². The van der Waals surface area contributed by atoms with Crippen LogP contribution in [0.15, 0.2) is 0 Å². The molecule has 3 heteroatoms. The molecular formula is C11H26O2Si. The molecule has 1 aliphatic rings. The lowest BCUT2D eigenvalue weighted by atomic mass is 9.65. The van der Waals surface area contributed by atoms with Crippen molar-refractivity contribution in [3.8, 4) is 0 Å². The van der Waals surface area contributed by atoms with E-state index in [0.29, 0.717) is 5.41 Å². The first kappa shape index (κ1) is 14.1. The molecule has 1 fully saturated rings. The lowest BCUT2D eigenvalue weighted by Crippen LogP contribution is -2.29. The third kappa shape index (κ3) is 7.53. The van der Waals surface area contributed by atoms with E-state index in [2.05, 4.69) is 20.8 Å². The van der Waals surface area contributed by atoms with E-state index in [1.54, 1.807) is 0 Å². The summed E-state index contributed by atoms with van der Waals surface area (Å²) in [5.74, 6) is 1.01. The molecule has 0 aromatic rings. The Hall–Kier alpha value is 0.137. The van der Waals surface area contributed by atoms with Gasteiger partial charge in [-0.3, -0.25) is 0 Å². The van der Waals surface area contributed by atoms with Crippen LogP contribution in [-0.4, -0.2) is 23.2 Å². The lowest BCUT2D eigenvalue weighted by Gasteiger charge is -2.40. The van der Waals surface area contributed by atoms with E-state index in [1.807, 2.05) is 13.8 Å². The maximum Gasteiger partial charge on any atom is 0.304 e. The van der Waals surface area contributed by atoms with Crippen LogP contribution in [0.4, 0.5) is 0 Å². The molecule has 1 saturated carbocycles. The lowest BCUT2D eigenvalue weighted by molar-refractivity contribution is 0.111. The Morgan fingerprint density at radius 3 is 1.71 bits per heavy atom. The molecule has 0 aromatic carbocycles.